The highest BCUT2D eigenvalue weighted by Gasteiger charge is 2.58. The molecule has 3 heteroatoms. The molecule has 2 aliphatic rings. The topological polar surface area (TPSA) is 38.5 Å². The predicted octanol–water partition coefficient (Wildman–Crippen LogP) is 1.78. The molecule has 1 aliphatic carbocycles. The smallest absolute Gasteiger partial charge is 0.0662 e. The van der Waals surface area contributed by atoms with Gasteiger partial charge in [-0.1, -0.05) is 26.0 Å². The second kappa shape index (κ2) is 4.71. The Morgan fingerprint density at radius 2 is 2.18 bits per heavy atom. The molecule has 1 saturated carbocycles. The third-order valence-electron chi connectivity index (χ3n) is 4.65. The van der Waals surface area contributed by atoms with E-state index in [1.165, 1.54) is 0 Å². The van der Waals surface area contributed by atoms with E-state index in [0.29, 0.717) is 6.10 Å². The molecule has 2 atom stereocenters. The van der Waals surface area contributed by atoms with E-state index in [1.807, 2.05) is 0 Å². The van der Waals surface area contributed by atoms with Crippen molar-refractivity contribution in [3.8, 4) is 0 Å². The Morgan fingerprint density at radius 1 is 1.41 bits per heavy atom. The standard InChI is InChI=1S/C14H26N2O/c1-4-17-12-10-14(15,13(12,2)3)11-16-8-6-5-7-9-16/h5-6,12H,4,7-11,15H2,1-3H3. The fourth-order valence-electron chi connectivity index (χ4n) is 3.01. The molecular weight excluding hydrogens is 212 g/mol. The zero-order chi connectivity index (χ0) is 12.5. The van der Waals surface area contributed by atoms with Crippen LogP contribution in [-0.4, -0.2) is 42.8 Å². The largest absolute Gasteiger partial charge is 0.378 e. The SMILES string of the molecule is CCOC1CC(N)(CN2CC=CCC2)C1(C)C. The summed E-state index contributed by atoms with van der Waals surface area (Å²) in [6.45, 7) is 10.5. The van der Waals surface area contributed by atoms with E-state index >= 15 is 0 Å². The van der Waals surface area contributed by atoms with Gasteiger partial charge in [-0.2, -0.15) is 0 Å². The summed E-state index contributed by atoms with van der Waals surface area (Å²) in [5.74, 6) is 0. The lowest BCUT2D eigenvalue weighted by molar-refractivity contribution is -0.156. The van der Waals surface area contributed by atoms with Gasteiger partial charge >= 0.3 is 0 Å². The fourth-order valence-corrected chi connectivity index (χ4v) is 3.01. The maximum atomic E-state index is 6.59. The van der Waals surface area contributed by atoms with Crippen molar-refractivity contribution >= 4 is 0 Å². The number of ether oxygens (including phenoxy) is 1. The van der Waals surface area contributed by atoms with E-state index in [-0.39, 0.29) is 11.0 Å². The summed E-state index contributed by atoms with van der Waals surface area (Å²) in [7, 11) is 0. The highest BCUT2D eigenvalue weighted by atomic mass is 16.5. The number of rotatable bonds is 4. The van der Waals surface area contributed by atoms with Crippen molar-refractivity contribution in [3.05, 3.63) is 12.2 Å². The third-order valence-corrected chi connectivity index (χ3v) is 4.65. The Bertz CT molecular complexity index is 301. The summed E-state index contributed by atoms with van der Waals surface area (Å²) in [6, 6.07) is 0. The molecule has 3 nitrogen and oxygen atoms in total. The number of nitrogens with two attached hydrogens (primary N) is 1. The van der Waals surface area contributed by atoms with Crippen molar-refractivity contribution in [2.24, 2.45) is 11.1 Å². The normalized spacial score (nSPS) is 36.8. The highest BCUT2D eigenvalue weighted by molar-refractivity contribution is 5.15. The van der Waals surface area contributed by atoms with Crippen LogP contribution in [0.5, 0.6) is 0 Å². The molecule has 0 aromatic heterocycles. The van der Waals surface area contributed by atoms with E-state index in [1.54, 1.807) is 0 Å². The van der Waals surface area contributed by atoms with Crippen molar-refractivity contribution in [1.82, 2.24) is 4.90 Å². The van der Waals surface area contributed by atoms with Gasteiger partial charge in [0, 0.05) is 37.2 Å². The van der Waals surface area contributed by atoms with Gasteiger partial charge in [0.2, 0.25) is 0 Å². The quantitative estimate of drug-likeness (QED) is 0.759. The van der Waals surface area contributed by atoms with Gasteiger partial charge in [0.05, 0.1) is 6.10 Å². The lowest BCUT2D eigenvalue weighted by Crippen LogP contribution is -2.73. The first-order valence-electron chi connectivity index (χ1n) is 6.77. The van der Waals surface area contributed by atoms with Gasteiger partial charge in [0.1, 0.15) is 0 Å². The van der Waals surface area contributed by atoms with Gasteiger partial charge in [-0.3, -0.25) is 4.90 Å². The molecule has 1 heterocycles. The van der Waals surface area contributed by atoms with Crippen molar-refractivity contribution in [2.75, 3.05) is 26.2 Å². The molecule has 2 rings (SSSR count). The molecule has 0 bridgehead atoms. The minimum absolute atomic E-state index is 0.0853. The lowest BCUT2D eigenvalue weighted by Gasteiger charge is -2.60. The van der Waals surface area contributed by atoms with Gasteiger partial charge in [0.15, 0.2) is 0 Å². The van der Waals surface area contributed by atoms with E-state index in [9.17, 15) is 0 Å². The molecule has 2 unspecified atom stereocenters. The van der Waals surface area contributed by atoms with Crippen LogP contribution in [0, 0.1) is 5.41 Å². The Labute approximate surface area is 105 Å². The first-order chi connectivity index (χ1) is 7.99. The zero-order valence-corrected chi connectivity index (χ0v) is 11.4. The Hall–Kier alpha value is -0.380. The van der Waals surface area contributed by atoms with E-state index < -0.39 is 0 Å². The molecule has 17 heavy (non-hydrogen) atoms. The van der Waals surface area contributed by atoms with Crippen LogP contribution in [0.15, 0.2) is 12.2 Å². The number of hydrogen-bond donors (Lipinski definition) is 1. The molecule has 0 amide bonds. The van der Waals surface area contributed by atoms with Gasteiger partial charge in [-0.05, 0) is 19.8 Å². The molecule has 0 aromatic carbocycles. The van der Waals surface area contributed by atoms with Crippen molar-refractivity contribution in [1.29, 1.82) is 0 Å². The van der Waals surface area contributed by atoms with Gasteiger partial charge in [-0.15, -0.1) is 0 Å². The van der Waals surface area contributed by atoms with Gasteiger partial charge in [0.25, 0.3) is 0 Å². The van der Waals surface area contributed by atoms with Crippen LogP contribution in [0.2, 0.25) is 0 Å². The average molecular weight is 238 g/mol. The predicted molar refractivity (Wildman–Crippen MR) is 70.9 cm³/mol. The van der Waals surface area contributed by atoms with Crippen LogP contribution in [0.3, 0.4) is 0 Å². The number of nitrogens with zero attached hydrogens (tertiary/aromatic N) is 1. The van der Waals surface area contributed by atoms with Crippen molar-refractivity contribution < 1.29 is 4.74 Å². The Kier molecular flexibility index (Phi) is 3.62. The molecule has 1 aliphatic heterocycles. The molecule has 0 saturated heterocycles. The van der Waals surface area contributed by atoms with Crippen molar-refractivity contribution in [3.63, 3.8) is 0 Å². The second-order valence-corrected chi connectivity index (χ2v) is 6.02. The summed E-state index contributed by atoms with van der Waals surface area (Å²) < 4.78 is 5.77. The zero-order valence-electron chi connectivity index (χ0n) is 11.4. The molecule has 1 fully saturated rings. The van der Waals surface area contributed by atoms with E-state index in [4.69, 9.17) is 10.5 Å². The van der Waals surface area contributed by atoms with E-state index in [0.717, 1.165) is 39.1 Å². The second-order valence-electron chi connectivity index (χ2n) is 6.02. The highest BCUT2D eigenvalue weighted by Crippen LogP contribution is 2.50. The van der Waals surface area contributed by atoms with Crippen LogP contribution in [-0.2, 0) is 4.74 Å². The molecule has 0 spiro atoms. The summed E-state index contributed by atoms with van der Waals surface area (Å²) in [5.41, 5.74) is 6.59. The van der Waals surface area contributed by atoms with Crippen LogP contribution in [0.25, 0.3) is 0 Å². The average Bonchev–Trinajstić information content (AvgIpc) is 2.30. The first kappa shape index (κ1) is 13.1. The Balaban J connectivity index is 1.94. The fraction of sp³-hybridized carbons (Fsp3) is 0.857. The lowest BCUT2D eigenvalue weighted by atomic mass is 9.54. The summed E-state index contributed by atoms with van der Waals surface area (Å²) in [4.78, 5) is 2.46. The molecule has 2 N–H and O–H groups in total. The third kappa shape index (κ3) is 2.28. The molecule has 98 valence electrons. The van der Waals surface area contributed by atoms with Gasteiger partial charge in [-0.25, -0.2) is 0 Å². The number of hydrogen-bond acceptors (Lipinski definition) is 3. The summed E-state index contributed by atoms with van der Waals surface area (Å²) >= 11 is 0. The van der Waals surface area contributed by atoms with Crippen molar-refractivity contribution in [2.45, 2.75) is 45.3 Å². The maximum absolute atomic E-state index is 6.59. The molecular formula is C14H26N2O. The summed E-state index contributed by atoms with van der Waals surface area (Å²) in [5, 5.41) is 0. The van der Waals surface area contributed by atoms with Crippen LogP contribution in [0.4, 0.5) is 0 Å². The van der Waals surface area contributed by atoms with Crippen LogP contribution >= 0.6 is 0 Å². The Morgan fingerprint density at radius 3 is 2.71 bits per heavy atom. The molecule has 0 radical (unpaired) electrons. The van der Waals surface area contributed by atoms with Gasteiger partial charge < -0.3 is 10.5 Å². The maximum Gasteiger partial charge on any atom is 0.0662 e. The molecule has 0 aromatic rings. The monoisotopic (exact) mass is 238 g/mol. The summed E-state index contributed by atoms with van der Waals surface area (Å²) in [6.07, 6.45) is 6.99. The first-order valence-corrected chi connectivity index (χ1v) is 6.77. The van der Waals surface area contributed by atoms with Crippen LogP contribution < -0.4 is 5.73 Å². The van der Waals surface area contributed by atoms with Crippen LogP contribution in [0.1, 0.15) is 33.6 Å². The minimum Gasteiger partial charge on any atom is -0.378 e. The van der Waals surface area contributed by atoms with E-state index in [2.05, 4.69) is 37.8 Å². The minimum atomic E-state index is -0.0853.